The molecule has 0 saturated carbocycles. The third-order valence-electron chi connectivity index (χ3n) is 3.68. The predicted molar refractivity (Wildman–Crippen MR) is 79.3 cm³/mol. The lowest BCUT2D eigenvalue weighted by molar-refractivity contribution is -0.125. The molecule has 2 aromatic rings. The molecule has 110 valence electrons. The normalized spacial score (nSPS) is 17.4. The number of ether oxygens (including phenoxy) is 1. The van der Waals surface area contributed by atoms with Gasteiger partial charge in [-0.1, -0.05) is 25.1 Å². The van der Waals surface area contributed by atoms with Crippen molar-refractivity contribution in [1.29, 1.82) is 0 Å². The number of hydrogen-bond donors (Lipinski definition) is 1. The van der Waals surface area contributed by atoms with Crippen LogP contribution in [0.5, 0.6) is 5.75 Å². The van der Waals surface area contributed by atoms with E-state index in [1.807, 2.05) is 45.9 Å². The molecule has 1 atom stereocenters. The molecule has 1 aliphatic rings. The van der Waals surface area contributed by atoms with Crippen molar-refractivity contribution in [1.82, 2.24) is 5.16 Å². The summed E-state index contributed by atoms with van der Waals surface area (Å²) in [6.45, 7) is 7.72. The quantitative estimate of drug-likeness (QED) is 0.919. The van der Waals surface area contributed by atoms with Gasteiger partial charge in [-0.15, -0.1) is 0 Å². The van der Waals surface area contributed by atoms with Crippen LogP contribution in [0.15, 0.2) is 22.7 Å². The minimum absolute atomic E-state index is 0.0948. The van der Waals surface area contributed by atoms with Crippen LogP contribution in [0, 0.1) is 19.8 Å². The van der Waals surface area contributed by atoms with E-state index in [0.29, 0.717) is 11.4 Å². The molecule has 0 fully saturated rings. The van der Waals surface area contributed by atoms with Crippen molar-refractivity contribution in [3.8, 4) is 16.9 Å². The molecular weight excluding hydrogens is 268 g/mol. The lowest BCUT2D eigenvalue weighted by Crippen LogP contribution is -2.40. The number of benzene rings is 1. The smallest absolute Gasteiger partial charge is 0.265 e. The molecule has 0 radical (unpaired) electrons. The number of hydrogen-bond acceptors (Lipinski definition) is 4. The predicted octanol–water partition coefficient (Wildman–Crippen LogP) is 3.31. The van der Waals surface area contributed by atoms with Crippen molar-refractivity contribution in [2.24, 2.45) is 5.92 Å². The Hall–Kier alpha value is -2.30. The molecule has 3 rings (SSSR count). The fourth-order valence-corrected chi connectivity index (χ4v) is 2.61. The monoisotopic (exact) mass is 286 g/mol. The first-order valence-corrected chi connectivity index (χ1v) is 7.02. The number of aryl methyl sites for hydroxylation is 2. The number of amides is 1. The number of carbonyl (C=O) groups is 1. The van der Waals surface area contributed by atoms with Crippen molar-refractivity contribution in [3.05, 3.63) is 29.7 Å². The maximum Gasteiger partial charge on any atom is 0.265 e. The summed E-state index contributed by atoms with van der Waals surface area (Å²) in [5.74, 6) is 1.47. The number of aromatic nitrogens is 1. The molecule has 0 spiro atoms. The summed E-state index contributed by atoms with van der Waals surface area (Å²) < 4.78 is 11.1. The molecule has 0 aliphatic carbocycles. The molecule has 2 heterocycles. The van der Waals surface area contributed by atoms with E-state index >= 15 is 0 Å². The first-order valence-electron chi connectivity index (χ1n) is 7.02. The van der Waals surface area contributed by atoms with Gasteiger partial charge in [0.15, 0.2) is 6.10 Å². The molecule has 1 aliphatic heterocycles. The van der Waals surface area contributed by atoms with Crippen LogP contribution in [0.3, 0.4) is 0 Å². The molecule has 1 aromatic heterocycles. The average Bonchev–Trinajstić information content (AvgIpc) is 2.77. The highest BCUT2D eigenvalue weighted by Gasteiger charge is 2.30. The van der Waals surface area contributed by atoms with Crippen LogP contribution in [0.1, 0.15) is 25.3 Å². The van der Waals surface area contributed by atoms with Crippen molar-refractivity contribution >= 4 is 11.6 Å². The first kappa shape index (κ1) is 13.7. The molecule has 1 aromatic carbocycles. The highest BCUT2D eigenvalue weighted by molar-refractivity contribution is 5.98. The fourth-order valence-electron chi connectivity index (χ4n) is 2.61. The maximum absolute atomic E-state index is 12.0. The highest BCUT2D eigenvalue weighted by Crippen LogP contribution is 2.37. The number of fused-ring (bicyclic) bond motifs is 1. The Balaban J connectivity index is 2.03. The van der Waals surface area contributed by atoms with Gasteiger partial charge in [0.05, 0.1) is 11.4 Å². The number of carbonyl (C=O) groups excluding carboxylic acids is 1. The van der Waals surface area contributed by atoms with Crippen LogP contribution in [-0.4, -0.2) is 17.2 Å². The van der Waals surface area contributed by atoms with Gasteiger partial charge in [0, 0.05) is 5.56 Å². The van der Waals surface area contributed by atoms with Gasteiger partial charge in [-0.25, -0.2) is 0 Å². The average molecular weight is 286 g/mol. The third kappa shape index (κ3) is 2.28. The lowest BCUT2D eigenvalue weighted by atomic mass is 10.0. The van der Waals surface area contributed by atoms with E-state index < -0.39 is 6.10 Å². The second kappa shape index (κ2) is 4.91. The zero-order chi connectivity index (χ0) is 15.1. The van der Waals surface area contributed by atoms with Crippen LogP contribution in [0.4, 0.5) is 5.69 Å². The second-order valence-corrected chi connectivity index (χ2v) is 5.68. The molecule has 1 N–H and O–H groups in total. The summed E-state index contributed by atoms with van der Waals surface area (Å²) in [6, 6.07) is 5.71. The van der Waals surface area contributed by atoms with Crippen molar-refractivity contribution in [3.63, 3.8) is 0 Å². The van der Waals surface area contributed by atoms with Crippen LogP contribution >= 0.6 is 0 Å². The van der Waals surface area contributed by atoms with Gasteiger partial charge >= 0.3 is 0 Å². The Kier molecular flexibility index (Phi) is 3.20. The zero-order valence-electron chi connectivity index (χ0n) is 12.6. The lowest BCUT2D eigenvalue weighted by Gasteiger charge is -2.28. The number of anilines is 1. The van der Waals surface area contributed by atoms with Crippen molar-refractivity contribution < 1.29 is 14.1 Å². The topological polar surface area (TPSA) is 64.4 Å². The summed E-state index contributed by atoms with van der Waals surface area (Å²) in [7, 11) is 0. The summed E-state index contributed by atoms with van der Waals surface area (Å²) >= 11 is 0. The summed E-state index contributed by atoms with van der Waals surface area (Å²) in [6.07, 6.45) is -0.461. The van der Waals surface area contributed by atoms with Gasteiger partial charge in [0.2, 0.25) is 0 Å². The molecular formula is C16H18N2O3. The number of nitrogens with zero attached hydrogens (tertiary/aromatic N) is 1. The van der Waals surface area contributed by atoms with E-state index in [9.17, 15) is 4.79 Å². The Morgan fingerprint density at radius 1 is 1.29 bits per heavy atom. The molecule has 5 nitrogen and oxygen atoms in total. The summed E-state index contributed by atoms with van der Waals surface area (Å²) in [4.78, 5) is 12.0. The second-order valence-electron chi connectivity index (χ2n) is 5.68. The van der Waals surface area contributed by atoms with E-state index in [2.05, 4.69) is 10.5 Å². The minimum atomic E-state index is -0.461. The molecule has 1 amide bonds. The zero-order valence-corrected chi connectivity index (χ0v) is 12.6. The van der Waals surface area contributed by atoms with Gasteiger partial charge in [-0.05, 0) is 37.5 Å². The summed E-state index contributed by atoms with van der Waals surface area (Å²) in [5, 5.41) is 6.86. The van der Waals surface area contributed by atoms with Gasteiger partial charge in [0.1, 0.15) is 11.5 Å². The Morgan fingerprint density at radius 2 is 2.05 bits per heavy atom. The largest absolute Gasteiger partial charge is 0.478 e. The van der Waals surface area contributed by atoms with Gasteiger partial charge < -0.3 is 14.6 Å². The maximum atomic E-state index is 12.0. The van der Waals surface area contributed by atoms with Crippen molar-refractivity contribution in [2.75, 3.05) is 5.32 Å². The van der Waals surface area contributed by atoms with E-state index in [4.69, 9.17) is 9.26 Å². The van der Waals surface area contributed by atoms with Gasteiger partial charge in [-0.3, -0.25) is 4.79 Å². The molecule has 0 bridgehead atoms. The van der Waals surface area contributed by atoms with Crippen LogP contribution in [0.25, 0.3) is 11.1 Å². The Bertz CT molecular complexity index is 684. The molecule has 1 unspecified atom stereocenters. The molecule has 5 heteroatoms. The minimum Gasteiger partial charge on any atom is -0.478 e. The van der Waals surface area contributed by atoms with Crippen LogP contribution in [0.2, 0.25) is 0 Å². The molecule has 0 saturated heterocycles. The Morgan fingerprint density at radius 3 is 2.67 bits per heavy atom. The van der Waals surface area contributed by atoms with E-state index in [0.717, 1.165) is 22.6 Å². The van der Waals surface area contributed by atoms with Gasteiger partial charge in [0.25, 0.3) is 5.91 Å². The standard InChI is InChI=1S/C16H18N2O3/c1-8(2)15-16(19)17-12-6-5-11(7-13(12)20-15)14-9(3)18-21-10(14)4/h5-8,15H,1-4H3,(H,17,19). The Labute approximate surface area is 123 Å². The summed E-state index contributed by atoms with van der Waals surface area (Å²) in [5.41, 5.74) is 3.49. The first-order chi connectivity index (χ1) is 9.97. The third-order valence-corrected chi connectivity index (χ3v) is 3.68. The van der Waals surface area contributed by atoms with E-state index in [1.165, 1.54) is 0 Å². The SMILES string of the molecule is Cc1noc(C)c1-c1ccc2c(c1)OC(C(C)C)C(=O)N2. The number of nitrogens with one attached hydrogen (secondary N) is 1. The van der Waals surface area contributed by atoms with E-state index in [1.54, 1.807) is 0 Å². The number of rotatable bonds is 2. The highest BCUT2D eigenvalue weighted by atomic mass is 16.5. The van der Waals surface area contributed by atoms with E-state index in [-0.39, 0.29) is 11.8 Å². The molecule has 21 heavy (non-hydrogen) atoms. The van der Waals surface area contributed by atoms with Crippen LogP contribution in [-0.2, 0) is 4.79 Å². The van der Waals surface area contributed by atoms with Crippen LogP contribution < -0.4 is 10.1 Å². The van der Waals surface area contributed by atoms with Gasteiger partial charge in [-0.2, -0.15) is 0 Å². The van der Waals surface area contributed by atoms with Crippen molar-refractivity contribution in [2.45, 2.75) is 33.8 Å². The fraction of sp³-hybridized carbons (Fsp3) is 0.375.